The molecule has 1 atom stereocenters. The number of carbonyl (C=O) groups is 1. The number of rotatable bonds is 7. The van der Waals surface area contributed by atoms with E-state index in [4.69, 9.17) is 16.3 Å². The zero-order valence-electron chi connectivity index (χ0n) is 18.3. The second kappa shape index (κ2) is 9.95. The summed E-state index contributed by atoms with van der Waals surface area (Å²) in [6, 6.07) is 18.1. The van der Waals surface area contributed by atoms with E-state index in [2.05, 4.69) is 5.32 Å². The van der Waals surface area contributed by atoms with Crippen molar-refractivity contribution in [1.82, 2.24) is 10.2 Å². The highest BCUT2D eigenvalue weighted by Crippen LogP contribution is 2.38. The number of hydrogen-bond donors (Lipinski definition) is 1. The van der Waals surface area contributed by atoms with Gasteiger partial charge < -0.3 is 15.0 Å². The predicted molar refractivity (Wildman–Crippen MR) is 126 cm³/mol. The van der Waals surface area contributed by atoms with E-state index in [-0.39, 0.29) is 12.6 Å². The summed E-state index contributed by atoms with van der Waals surface area (Å²) in [4.78, 5) is 16.4. The number of nitrogens with one attached hydrogen (secondary N) is 1. The molecule has 0 aliphatic carbocycles. The number of anilines is 1. The van der Waals surface area contributed by atoms with Gasteiger partial charge in [0.05, 0.1) is 11.6 Å². The highest BCUT2D eigenvalue weighted by atomic mass is 35.5. The summed E-state index contributed by atoms with van der Waals surface area (Å²) < 4.78 is 45.8. The highest BCUT2D eigenvalue weighted by Gasteiger charge is 2.40. The molecule has 1 heterocycles. The molecule has 1 unspecified atom stereocenters. The maximum Gasteiger partial charge on any atom is 0.416 e. The number of alkyl halides is 3. The Morgan fingerprint density at radius 1 is 1.03 bits per heavy atom. The predicted octanol–water partition coefficient (Wildman–Crippen LogP) is 6.35. The number of benzene rings is 3. The molecule has 34 heavy (non-hydrogen) atoms. The summed E-state index contributed by atoms with van der Waals surface area (Å²) in [5.74, 6) is 1.16. The third-order valence-corrected chi connectivity index (χ3v) is 5.83. The Kier molecular flexibility index (Phi) is 7.00. The zero-order chi connectivity index (χ0) is 24.3. The van der Waals surface area contributed by atoms with E-state index in [0.29, 0.717) is 40.9 Å². The molecular formula is C25H23ClF3N3O2. The number of amides is 2. The molecule has 1 aliphatic rings. The van der Waals surface area contributed by atoms with Crippen molar-refractivity contribution in [2.75, 3.05) is 31.6 Å². The SMILES string of the molecule is CNCCN1CC(c2cccc(C(F)(F)F)c2)N(c2ccc(Oc3ccc(Cl)cc3)cc2)C1=O. The lowest BCUT2D eigenvalue weighted by atomic mass is 10.0. The molecule has 1 aliphatic heterocycles. The molecule has 3 aromatic rings. The largest absolute Gasteiger partial charge is 0.457 e. The lowest BCUT2D eigenvalue weighted by Gasteiger charge is -2.24. The van der Waals surface area contributed by atoms with Gasteiger partial charge in [-0.15, -0.1) is 0 Å². The van der Waals surface area contributed by atoms with Crippen molar-refractivity contribution in [3.8, 4) is 11.5 Å². The number of nitrogens with zero attached hydrogens (tertiary/aromatic N) is 2. The summed E-state index contributed by atoms with van der Waals surface area (Å²) in [6.07, 6.45) is -4.46. The van der Waals surface area contributed by atoms with E-state index < -0.39 is 17.8 Å². The van der Waals surface area contributed by atoms with Gasteiger partial charge in [-0.2, -0.15) is 13.2 Å². The average Bonchev–Trinajstić information content (AvgIpc) is 3.15. The average molecular weight is 490 g/mol. The fourth-order valence-corrected chi connectivity index (χ4v) is 3.99. The Bertz CT molecular complexity index is 1140. The monoisotopic (exact) mass is 489 g/mol. The van der Waals surface area contributed by atoms with Crippen LogP contribution in [0.2, 0.25) is 5.02 Å². The van der Waals surface area contributed by atoms with Gasteiger partial charge in [-0.25, -0.2) is 4.79 Å². The van der Waals surface area contributed by atoms with Gasteiger partial charge in [0, 0.05) is 30.3 Å². The van der Waals surface area contributed by atoms with Crippen LogP contribution in [0.5, 0.6) is 11.5 Å². The van der Waals surface area contributed by atoms with Crippen molar-refractivity contribution in [2.24, 2.45) is 0 Å². The zero-order valence-corrected chi connectivity index (χ0v) is 19.1. The molecule has 1 fully saturated rings. The summed E-state index contributed by atoms with van der Waals surface area (Å²) in [6.45, 7) is 1.30. The van der Waals surface area contributed by atoms with E-state index in [1.54, 1.807) is 66.5 Å². The van der Waals surface area contributed by atoms with Gasteiger partial charge in [-0.1, -0.05) is 23.7 Å². The van der Waals surface area contributed by atoms with Crippen LogP contribution >= 0.6 is 11.6 Å². The molecule has 3 aromatic carbocycles. The Morgan fingerprint density at radius 3 is 2.29 bits per heavy atom. The van der Waals surface area contributed by atoms with Crippen molar-refractivity contribution in [1.29, 1.82) is 0 Å². The van der Waals surface area contributed by atoms with Crippen molar-refractivity contribution in [3.63, 3.8) is 0 Å². The smallest absolute Gasteiger partial charge is 0.416 e. The Morgan fingerprint density at radius 2 is 1.68 bits per heavy atom. The quantitative estimate of drug-likeness (QED) is 0.420. The number of likely N-dealkylation sites (N-methyl/N-ethyl adjacent to an activating group) is 1. The van der Waals surface area contributed by atoms with E-state index in [9.17, 15) is 18.0 Å². The fraction of sp³-hybridized carbons (Fsp3) is 0.240. The van der Waals surface area contributed by atoms with Gasteiger partial charge >= 0.3 is 12.2 Å². The standard InChI is InChI=1S/C25H23ClF3N3O2/c1-30-13-14-31-16-23(17-3-2-4-18(15-17)25(27,28)29)32(24(31)33)20-7-11-22(12-8-20)34-21-9-5-19(26)6-10-21/h2-12,15,23,30H,13-14,16H2,1H3. The van der Waals surface area contributed by atoms with Crippen LogP contribution in [0.15, 0.2) is 72.8 Å². The molecule has 2 amide bonds. The van der Waals surface area contributed by atoms with E-state index in [1.165, 1.54) is 11.0 Å². The molecule has 1 N–H and O–H groups in total. The van der Waals surface area contributed by atoms with E-state index >= 15 is 0 Å². The maximum absolute atomic E-state index is 13.3. The lowest BCUT2D eigenvalue weighted by Crippen LogP contribution is -2.35. The molecule has 5 nitrogen and oxygen atoms in total. The summed E-state index contributed by atoms with van der Waals surface area (Å²) in [5, 5.41) is 3.60. The van der Waals surface area contributed by atoms with Crippen LogP contribution in [0.3, 0.4) is 0 Å². The normalized spacial score (nSPS) is 16.3. The molecule has 178 valence electrons. The molecule has 0 spiro atoms. The lowest BCUT2D eigenvalue weighted by molar-refractivity contribution is -0.137. The van der Waals surface area contributed by atoms with Crippen molar-refractivity contribution in [2.45, 2.75) is 12.2 Å². The minimum Gasteiger partial charge on any atom is -0.457 e. The van der Waals surface area contributed by atoms with Gasteiger partial charge in [0.2, 0.25) is 0 Å². The minimum absolute atomic E-state index is 0.260. The van der Waals surface area contributed by atoms with Crippen LogP contribution in [0.1, 0.15) is 17.2 Å². The first kappa shape index (κ1) is 23.9. The molecule has 9 heteroatoms. The molecule has 0 aromatic heterocycles. The minimum atomic E-state index is -4.46. The topological polar surface area (TPSA) is 44.8 Å². The second-order valence-corrected chi connectivity index (χ2v) is 8.33. The molecule has 4 rings (SSSR count). The van der Waals surface area contributed by atoms with Crippen molar-refractivity contribution < 1.29 is 22.7 Å². The molecular weight excluding hydrogens is 467 g/mol. The number of carbonyl (C=O) groups excluding carboxylic acids is 1. The molecule has 0 saturated carbocycles. The summed E-state index contributed by atoms with van der Waals surface area (Å²) in [5.41, 5.74) is 0.261. The van der Waals surface area contributed by atoms with Crippen LogP contribution in [0, 0.1) is 0 Å². The third-order valence-electron chi connectivity index (χ3n) is 5.58. The number of hydrogen-bond acceptors (Lipinski definition) is 3. The summed E-state index contributed by atoms with van der Waals surface area (Å²) >= 11 is 5.90. The molecule has 0 radical (unpaired) electrons. The third kappa shape index (κ3) is 5.29. The van der Waals surface area contributed by atoms with E-state index in [0.717, 1.165) is 12.1 Å². The Balaban J connectivity index is 1.62. The maximum atomic E-state index is 13.3. The number of urea groups is 1. The summed E-state index contributed by atoms with van der Waals surface area (Å²) in [7, 11) is 1.78. The Hall–Kier alpha value is -3.23. The first-order valence-corrected chi connectivity index (χ1v) is 11.1. The first-order valence-electron chi connectivity index (χ1n) is 10.7. The van der Waals surface area contributed by atoms with Crippen LogP contribution in [-0.4, -0.2) is 37.6 Å². The van der Waals surface area contributed by atoms with Crippen LogP contribution in [-0.2, 0) is 6.18 Å². The molecule has 1 saturated heterocycles. The van der Waals surface area contributed by atoms with E-state index in [1.807, 2.05) is 0 Å². The number of ether oxygens (including phenoxy) is 1. The van der Waals surface area contributed by atoms with Crippen LogP contribution in [0.25, 0.3) is 0 Å². The highest BCUT2D eigenvalue weighted by molar-refractivity contribution is 6.30. The van der Waals surface area contributed by atoms with Gasteiger partial charge in [0.25, 0.3) is 0 Å². The van der Waals surface area contributed by atoms with Gasteiger partial charge in [-0.05, 0) is 73.3 Å². The molecule has 0 bridgehead atoms. The Labute approximate surface area is 200 Å². The van der Waals surface area contributed by atoms with Crippen molar-refractivity contribution in [3.05, 3.63) is 88.9 Å². The second-order valence-electron chi connectivity index (χ2n) is 7.89. The van der Waals surface area contributed by atoms with Crippen LogP contribution in [0.4, 0.5) is 23.7 Å². The van der Waals surface area contributed by atoms with Gasteiger partial charge in [-0.3, -0.25) is 4.90 Å². The van der Waals surface area contributed by atoms with Crippen molar-refractivity contribution >= 4 is 23.3 Å². The van der Waals surface area contributed by atoms with Crippen LogP contribution < -0.4 is 15.0 Å². The first-order chi connectivity index (χ1) is 16.3. The fourth-order valence-electron chi connectivity index (χ4n) is 3.87. The van der Waals surface area contributed by atoms with Gasteiger partial charge in [0.1, 0.15) is 11.5 Å². The van der Waals surface area contributed by atoms with Gasteiger partial charge in [0.15, 0.2) is 0 Å². The number of halogens is 4.